The molecule has 21 heteroatoms. The Hall–Kier alpha value is -5.76. The molecule has 2 fully saturated rings. The Morgan fingerprint density at radius 1 is 0.608 bits per heavy atom. The number of aryl methyl sites for hydroxylation is 2. The average Bonchev–Trinajstić information content (AvgIpc) is 4.46. The summed E-state index contributed by atoms with van der Waals surface area (Å²) in [6.45, 7) is 6.89. The molecule has 12 nitrogen and oxygen atoms in total. The quantitative estimate of drug-likeness (QED) is 0.0698. The predicted molar refractivity (Wildman–Crippen MR) is 302 cm³/mol. The van der Waals surface area contributed by atoms with E-state index in [-0.39, 0.29) is 45.6 Å². The third-order valence-corrected chi connectivity index (χ3v) is 16.9. The first-order chi connectivity index (χ1) is 36.8. The number of rotatable bonds is 14. The SMILES string of the molecule is Cc1nsc(-c2cc(F)c(-c3ccc(C4(C(=O)O)CC4)cc3)cc2Cl)c1NC(=O)O[C@H](C)c1ccccc1Cl.Cc1nsc(-c2cc(F)c(-c3ccc(C4([C-]=O)CC4)cc3)cc2Cl)c1NC(=O)O[C@H](C)c1ccccc1Cl.[Na+].[OH-]. The van der Waals surface area contributed by atoms with E-state index in [0.29, 0.717) is 105 Å². The summed E-state index contributed by atoms with van der Waals surface area (Å²) in [7, 11) is 0. The normalized spacial score (nSPS) is 14.2. The van der Waals surface area contributed by atoms with Crippen LogP contribution in [0.1, 0.15) is 85.4 Å². The first-order valence-electron chi connectivity index (χ1n) is 24.0. The standard InChI is InChI=1S/C29H23Cl2FN2O4S.C29H22Cl2FN2O3S.Na.H2O/c1-15-25(33-28(37)38-16(2)19-5-3-4-6-22(19)30)26(39-34-15)21-14-24(32)20(13-23(21)31)17-7-9-18(10-8-17)29(11-12-29)27(35)36;1-16-26(33-28(36)37-17(2)20-5-3-4-6-23(20)30)27(38-34-16)22-14-25(32)21(13-24(22)31)18-7-9-19(10-8-18)29(15-35)11-12-29;;/h3-10,13-14,16H,11-12H2,1-2H3,(H,33,37)(H,35,36);3-10,13-14,17H,11-12H2,1-2H3,(H,33,36);;1H2/q;-1;+1;/p-1/t16-;17-;;/m11../s1. The summed E-state index contributed by atoms with van der Waals surface area (Å²) < 4.78 is 50.4. The van der Waals surface area contributed by atoms with E-state index in [1.54, 1.807) is 113 Å². The number of ether oxygens (including phenoxy) is 2. The Labute approximate surface area is 504 Å². The number of halogens is 6. The second-order valence-electron chi connectivity index (χ2n) is 18.7. The Morgan fingerprint density at radius 3 is 1.35 bits per heavy atom. The minimum absolute atomic E-state index is 0. The Kier molecular flexibility index (Phi) is 19.5. The number of carboxylic acid groups (broad SMARTS) is 1. The maximum atomic E-state index is 15.4. The molecule has 0 radical (unpaired) electrons. The monoisotopic (exact) mass is 1190 g/mol. The molecule has 2 saturated carbocycles. The van der Waals surface area contributed by atoms with E-state index in [2.05, 4.69) is 25.7 Å². The van der Waals surface area contributed by atoms with Gasteiger partial charge >= 0.3 is 47.7 Å². The van der Waals surface area contributed by atoms with Crippen LogP contribution in [0, 0.1) is 25.5 Å². The molecular formula is C58H46Cl4F2N4NaO8S2-. The number of carbonyl (C=O) groups is 3. The van der Waals surface area contributed by atoms with Gasteiger partial charge in [-0.1, -0.05) is 150 Å². The van der Waals surface area contributed by atoms with Gasteiger partial charge in [-0.25, -0.2) is 18.4 Å². The molecule has 2 atom stereocenters. The number of anilines is 2. The van der Waals surface area contributed by atoms with Gasteiger partial charge in [0.1, 0.15) is 23.8 Å². The summed E-state index contributed by atoms with van der Waals surface area (Å²) in [6.07, 6.45) is 2.25. The maximum Gasteiger partial charge on any atom is 1.00 e. The minimum atomic E-state index is -0.847. The minimum Gasteiger partial charge on any atom is -0.870 e. The molecule has 6 aromatic carbocycles. The summed E-state index contributed by atoms with van der Waals surface area (Å²) >= 11 is 27.8. The van der Waals surface area contributed by atoms with Gasteiger partial charge < -0.3 is 24.9 Å². The van der Waals surface area contributed by atoms with E-state index in [4.69, 9.17) is 55.9 Å². The number of hydrogen-bond donors (Lipinski definition) is 3. The molecule has 2 aromatic heterocycles. The average molecular weight is 1190 g/mol. The van der Waals surface area contributed by atoms with Crippen LogP contribution in [0.5, 0.6) is 0 Å². The number of nitrogens with zero attached hydrogens (tertiary/aromatic N) is 2. The predicted octanol–water partition coefficient (Wildman–Crippen LogP) is 14.2. The van der Waals surface area contributed by atoms with Gasteiger partial charge in [0.05, 0.1) is 48.0 Å². The maximum absolute atomic E-state index is 15.4. The van der Waals surface area contributed by atoms with Gasteiger partial charge in [0.2, 0.25) is 0 Å². The Morgan fingerprint density at radius 2 is 1.00 bits per heavy atom. The fraction of sp³-hybridized carbons (Fsp3) is 0.207. The number of hydrogen-bond acceptors (Lipinski definition) is 11. The van der Waals surface area contributed by atoms with Gasteiger partial charge in [-0.15, -0.1) is 5.41 Å². The number of aliphatic carboxylic acids is 1. The van der Waals surface area contributed by atoms with Crippen LogP contribution >= 0.6 is 69.5 Å². The zero-order chi connectivity index (χ0) is 54.9. The van der Waals surface area contributed by atoms with E-state index >= 15 is 8.78 Å². The van der Waals surface area contributed by atoms with Crippen molar-refractivity contribution in [3.8, 4) is 43.1 Å². The van der Waals surface area contributed by atoms with Crippen molar-refractivity contribution in [3.05, 3.63) is 187 Å². The fourth-order valence-corrected chi connectivity index (χ4v) is 11.8. The molecule has 2 aliphatic carbocycles. The summed E-state index contributed by atoms with van der Waals surface area (Å²) in [5, 5.41) is 16.5. The molecule has 0 aliphatic heterocycles. The van der Waals surface area contributed by atoms with Crippen molar-refractivity contribution in [2.24, 2.45) is 0 Å². The van der Waals surface area contributed by atoms with Crippen molar-refractivity contribution < 1.29 is 77.6 Å². The zero-order valence-electron chi connectivity index (χ0n) is 42.9. The molecule has 8 aromatic rings. The molecule has 0 unspecified atom stereocenters. The molecule has 0 spiro atoms. The van der Waals surface area contributed by atoms with Crippen LogP contribution in [0.3, 0.4) is 0 Å². The molecule has 4 N–H and O–H groups in total. The van der Waals surface area contributed by atoms with Gasteiger partial charge in [-0.05, 0) is 117 Å². The number of amides is 2. The number of nitrogens with one attached hydrogen (secondary N) is 2. The number of carbonyl (C=O) groups excluding carboxylic acids is 3. The van der Waals surface area contributed by atoms with Crippen molar-refractivity contribution in [1.29, 1.82) is 0 Å². The number of carboxylic acids is 1. The Balaban J connectivity index is 0.000000223. The fourth-order valence-electron chi connectivity index (χ4n) is 8.87. The van der Waals surface area contributed by atoms with E-state index < -0.39 is 52.8 Å². The summed E-state index contributed by atoms with van der Waals surface area (Å²) in [5.41, 5.74) is 6.00. The third kappa shape index (κ3) is 13.1. The van der Waals surface area contributed by atoms with Crippen LogP contribution in [-0.4, -0.2) is 43.8 Å². The second-order valence-corrected chi connectivity index (χ2v) is 21.9. The van der Waals surface area contributed by atoms with Crippen molar-refractivity contribution >= 4 is 105 Å². The van der Waals surface area contributed by atoms with Gasteiger partial charge in [0.25, 0.3) is 0 Å². The largest absolute Gasteiger partial charge is 1.00 e. The van der Waals surface area contributed by atoms with Crippen molar-refractivity contribution in [1.82, 2.24) is 8.75 Å². The van der Waals surface area contributed by atoms with Gasteiger partial charge in [-0.2, -0.15) is 8.75 Å². The molecule has 2 aliphatic rings. The summed E-state index contributed by atoms with van der Waals surface area (Å²) in [6, 6.07) is 34.0. The van der Waals surface area contributed by atoms with Crippen LogP contribution in [0.25, 0.3) is 43.1 Å². The molecular weight excluding hydrogens is 1150 g/mol. The summed E-state index contributed by atoms with van der Waals surface area (Å²) in [5.74, 6) is -1.85. The summed E-state index contributed by atoms with van der Waals surface area (Å²) in [4.78, 5) is 49.4. The third-order valence-electron chi connectivity index (χ3n) is 13.6. The van der Waals surface area contributed by atoms with Crippen LogP contribution in [0.2, 0.25) is 20.1 Å². The smallest absolute Gasteiger partial charge is 0.870 e. The van der Waals surface area contributed by atoms with Crippen molar-refractivity contribution in [2.75, 3.05) is 10.6 Å². The van der Waals surface area contributed by atoms with E-state index in [1.807, 2.05) is 18.2 Å². The first-order valence-corrected chi connectivity index (χ1v) is 27.1. The van der Waals surface area contributed by atoms with E-state index in [1.165, 1.54) is 18.2 Å². The zero-order valence-corrected chi connectivity index (χ0v) is 49.5. The molecule has 2 amide bonds. The molecule has 402 valence electrons. The van der Waals surface area contributed by atoms with Gasteiger partial charge in [-0.3, -0.25) is 21.7 Å². The molecule has 79 heavy (non-hydrogen) atoms. The molecule has 0 saturated heterocycles. The van der Waals surface area contributed by atoms with Crippen LogP contribution in [0.15, 0.2) is 121 Å². The number of aromatic nitrogens is 2. The molecule has 0 bridgehead atoms. The van der Waals surface area contributed by atoms with Crippen LogP contribution < -0.4 is 40.2 Å². The van der Waals surface area contributed by atoms with Crippen molar-refractivity contribution in [3.63, 3.8) is 0 Å². The van der Waals surface area contributed by atoms with Gasteiger partial charge in [0.15, 0.2) is 0 Å². The topological polar surface area (TPSA) is 187 Å². The van der Waals surface area contributed by atoms with Gasteiger partial charge in [0, 0.05) is 43.4 Å². The molecule has 2 heterocycles. The second kappa shape index (κ2) is 25.4. The van der Waals surface area contributed by atoms with E-state index in [0.717, 1.165) is 41.5 Å². The first kappa shape index (κ1) is 60.9. The van der Waals surface area contributed by atoms with Crippen LogP contribution in [-0.2, 0) is 29.9 Å². The van der Waals surface area contributed by atoms with Crippen molar-refractivity contribution in [2.45, 2.75) is 76.4 Å². The Bertz CT molecular complexity index is 3600. The molecule has 10 rings (SSSR count). The number of benzene rings is 6. The van der Waals surface area contributed by atoms with E-state index in [9.17, 15) is 24.3 Å². The van der Waals surface area contributed by atoms with Crippen LogP contribution in [0.4, 0.5) is 29.7 Å².